The van der Waals surface area contributed by atoms with Crippen molar-refractivity contribution < 1.29 is 8.42 Å². The highest BCUT2D eigenvalue weighted by Crippen LogP contribution is 2.22. The Labute approximate surface area is 211 Å². The lowest BCUT2D eigenvalue weighted by Gasteiger charge is -2.34. The van der Waals surface area contributed by atoms with Gasteiger partial charge in [0.25, 0.3) is 0 Å². The fourth-order valence-electron chi connectivity index (χ4n) is 4.39. The number of hydrogen-bond donors (Lipinski definition) is 1. The molecule has 0 amide bonds. The zero-order valence-corrected chi connectivity index (χ0v) is 22.1. The smallest absolute Gasteiger partial charge is 0.241 e. The molecule has 2 heterocycles. The Bertz CT molecular complexity index is 1210. The molecule has 3 aromatic rings. The standard InChI is InChI=1S/C24H30ClN5O2S2/c1-17-14-18(2)23(19(3)15-17)34(31,32)26-8-9-29-10-12-30(13-11-29)24-27-22(28-33-24)16-20-4-6-21(25)7-5-20/h4-7,14-15,26H,8-13,16H2,1-3H3. The van der Waals surface area contributed by atoms with E-state index in [-0.39, 0.29) is 0 Å². The van der Waals surface area contributed by atoms with Crippen LogP contribution in [-0.4, -0.2) is 61.9 Å². The monoisotopic (exact) mass is 519 g/mol. The van der Waals surface area contributed by atoms with Crippen LogP contribution in [0.15, 0.2) is 41.3 Å². The first-order valence-electron chi connectivity index (χ1n) is 11.3. The second-order valence-electron chi connectivity index (χ2n) is 8.75. The molecule has 7 nitrogen and oxygen atoms in total. The van der Waals surface area contributed by atoms with Crippen LogP contribution in [0.25, 0.3) is 0 Å². The van der Waals surface area contributed by atoms with Gasteiger partial charge in [-0.15, -0.1) is 0 Å². The minimum atomic E-state index is -3.53. The lowest BCUT2D eigenvalue weighted by atomic mass is 10.1. The molecular formula is C24H30ClN5O2S2. The Balaban J connectivity index is 1.25. The number of nitrogens with one attached hydrogen (secondary N) is 1. The Morgan fingerprint density at radius 2 is 1.68 bits per heavy atom. The summed E-state index contributed by atoms with van der Waals surface area (Å²) in [5.41, 5.74) is 3.77. The fourth-order valence-corrected chi connectivity index (χ4v) is 6.73. The first kappa shape index (κ1) is 25.1. The number of aryl methyl sites for hydroxylation is 3. The molecule has 1 aromatic heterocycles. The first-order chi connectivity index (χ1) is 16.2. The van der Waals surface area contributed by atoms with Gasteiger partial charge in [0.15, 0.2) is 0 Å². The van der Waals surface area contributed by atoms with Gasteiger partial charge >= 0.3 is 0 Å². The third-order valence-electron chi connectivity index (χ3n) is 5.97. The van der Waals surface area contributed by atoms with Gasteiger partial charge in [-0.3, -0.25) is 4.90 Å². The number of hydrogen-bond acceptors (Lipinski definition) is 7. The molecule has 4 rings (SSSR count). The van der Waals surface area contributed by atoms with E-state index in [4.69, 9.17) is 16.6 Å². The lowest BCUT2D eigenvalue weighted by Crippen LogP contribution is -2.48. The van der Waals surface area contributed by atoms with Crippen molar-refractivity contribution in [1.29, 1.82) is 0 Å². The van der Waals surface area contributed by atoms with Crippen molar-refractivity contribution in [1.82, 2.24) is 19.0 Å². The highest BCUT2D eigenvalue weighted by atomic mass is 35.5. The van der Waals surface area contributed by atoms with E-state index >= 15 is 0 Å². The van der Waals surface area contributed by atoms with Crippen LogP contribution in [0.3, 0.4) is 0 Å². The third kappa shape index (κ3) is 6.14. The average Bonchev–Trinajstić information content (AvgIpc) is 3.23. The van der Waals surface area contributed by atoms with Crippen molar-refractivity contribution in [3.63, 3.8) is 0 Å². The molecule has 0 radical (unpaired) electrons. The zero-order chi connectivity index (χ0) is 24.3. The van der Waals surface area contributed by atoms with Gasteiger partial charge in [0.2, 0.25) is 15.2 Å². The van der Waals surface area contributed by atoms with Crippen molar-refractivity contribution in [2.75, 3.05) is 44.2 Å². The van der Waals surface area contributed by atoms with E-state index in [0.717, 1.165) is 64.4 Å². The van der Waals surface area contributed by atoms with Crippen LogP contribution in [0.2, 0.25) is 5.02 Å². The van der Waals surface area contributed by atoms with Crippen molar-refractivity contribution in [2.24, 2.45) is 0 Å². The van der Waals surface area contributed by atoms with Gasteiger partial charge in [-0.05, 0) is 49.6 Å². The first-order valence-corrected chi connectivity index (χ1v) is 14.0. The number of rotatable bonds is 8. The third-order valence-corrected chi connectivity index (χ3v) is 8.80. The fraction of sp³-hybridized carbons (Fsp3) is 0.417. The van der Waals surface area contributed by atoms with Crippen LogP contribution < -0.4 is 9.62 Å². The van der Waals surface area contributed by atoms with Crippen LogP contribution in [0.1, 0.15) is 28.1 Å². The molecule has 1 fully saturated rings. The summed E-state index contributed by atoms with van der Waals surface area (Å²) in [5.74, 6) is 0.820. The number of aromatic nitrogens is 2. The van der Waals surface area contributed by atoms with E-state index in [0.29, 0.717) is 24.4 Å². The molecular weight excluding hydrogens is 490 g/mol. The van der Waals surface area contributed by atoms with E-state index < -0.39 is 10.0 Å². The minimum absolute atomic E-state index is 0.388. The predicted molar refractivity (Wildman–Crippen MR) is 139 cm³/mol. The van der Waals surface area contributed by atoms with Crippen LogP contribution >= 0.6 is 23.1 Å². The van der Waals surface area contributed by atoms with Gasteiger partial charge in [0, 0.05) is 62.2 Å². The largest absolute Gasteiger partial charge is 0.344 e. The normalized spacial score (nSPS) is 15.1. The van der Waals surface area contributed by atoms with Crippen LogP contribution in [0, 0.1) is 20.8 Å². The zero-order valence-electron chi connectivity index (χ0n) is 19.7. The predicted octanol–water partition coefficient (Wildman–Crippen LogP) is 3.81. The summed E-state index contributed by atoms with van der Waals surface area (Å²) in [6.45, 7) is 10.1. The molecule has 0 aliphatic carbocycles. The number of halogens is 1. The van der Waals surface area contributed by atoms with E-state index in [1.165, 1.54) is 11.5 Å². The van der Waals surface area contributed by atoms with E-state index in [1.54, 1.807) is 0 Å². The van der Waals surface area contributed by atoms with Gasteiger partial charge in [0.1, 0.15) is 5.82 Å². The quantitative estimate of drug-likeness (QED) is 0.487. The van der Waals surface area contributed by atoms with Crippen molar-refractivity contribution in [2.45, 2.75) is 32.1 Å². The summed E-state index contributed by atoms with van der Waals surface area (Å²) >= 11 is 7.39. The van der Waals surface area contributed by atoms with E-state index in [2.05, 4.69) is 18.9 Å². The molecule has 0 saturated carbocycles. The average molecular weight is 520 g/mol. The number of sulfonamides is 1. The molecule has 0 unspecified atom stereocenters. The topological polar surface area (TPSA) is 78.4 Å². The Kier molecular flexibility index (Phi) is 7.89. The van der Waals surface area contributed by atoms with Crippen LogP contribution in [0.5, 0.6) is 0 Å². The number of nitrogens with zero attached hydrogens (tertiary/aromatic N) is 4. The second-order valence-corrected chi connectivity index (χ2v) is 11.6. The number of benzene rings is 2. The van der Waals surface area contributed by atoms with Crippen molar-refractivity contribution in [3.05, 3.63) is 69.5 Å². The summed E-state index contributed by atoms with van der Waals surface area (Å²) in [6, 6.07) is 11.6. The highest BCUT2D eigenvalue weighted by molar-refractivity contribution is 7.89. The Hall–Kier alpha value is -2.04. The van der Waals surface area contributed by atoms with Gasteiger partial charge in [-0.2, -0.15) is 4.37 Å². The molecule has 1 aliphatic heterocycles. The van der Waals surface area contributed by atoms with E-state index in [1.807, 2.05) is 57.2 Å². The Morgan fingerprint density at radius 1 is 1.03 bits per heavy atom. The van der Waals surface area contributed by atoms with Gasteiger partial charge in [-0.25, -0.2) is 18.1 Å². The van der Waals surface area contributed by atoms with Crippen LogP contribution in [-0.2, 0) is 16.4 Å². The number of piperazine rings is 1. The Morgan fingerprint density at radius 3 is 2.32 bits per heavy atom. The molecule has 1 saturated heterocycles. The SMILES string of the molecule is Cc1cc(C)c(S(=O)(=O)NCCN2CCN(c3nc(Cc4ccc(Cl)cc4)ns3)CC2)c(C)c1. The summed E-state index contributed by atoms with van der Waals surface area (Å²) in [5, 5.41) is 1.66. The molecule has 182 valence electrons. The molecule has 1 N–H and O–H groups in total. The molecule has 10 heteroatoms. The molecule has 1 aliphatic rings. The van der Waals surface area contributed by atoms with Gasteiger partial charge in [-0.1, -0.05) is 41.4 Å². The summed E-state index contributed by atoms with van der Waals surface area (Å²) < 4.78 is 33.0. The maximum absolute atomic E-state index is 12.9. The van der Waals surface area contributed by atoms with Crippen molar-refractivity contribution >= 4 is 38.3 Å². The molecule has 0 atom stereocenters. The van der Waals surface area contributed by atoms with Crippen molar-refractivity contribution in [3.8, 4) is 0 Å². The number of anilines is 1. The molecule has 34 heavy (non-hydrogen) atoms. The molecule has 0 spiro atoms. The van der Waals surface area contributed by atoms with Crippen LogP contribution in [0.4, 0.5) is 5.13 Å². The highest BCUT2D eigenvalue weighted by Gasteiger charge is 2.22. The maximum atomic E-state index is 12.9. The van der Waals surface area contributed by atoms with E-state index in [9.17, 15) is 8.42 Å². The molecule has 2 aromatic carbocycles. The second kappa shape index (κ2) is 10.7. The minimum Gasteiger partial charge on any atom is -0.344 e. The summed E-state index contributed by atoms with van der Waals surface area (Å²) in [7, 11) is -3.53. The maximum Gasteiger partial charge on any atom is 0.241 e. The van der Waals surface area contributed by atoms with Gasteiger partial charge < -0.3 is 4.90 Å². The molecule has 0 bridgehead atoms. The summed E-state index contributed by atoms with van der Waals surface area (Å²) in [6.07, 6.45) is 0.688. The van der Waals surface area contributed by atoms with Gasteiger partial charge in [0.05, 0.1) is 4.90 Å². The summed E-state index contributed by atoms with van der Waals surface area (Å²) in [4.78, 5) is 9.65. The lowest BCUT2D eigenvalue weighted by molar-refractivity contribution is 0.262.